The summed E-state index contributed by atoms with van der Waals surface area (Å²) in [5.74, 6) is -0.833. The number of ether oxygens (including phenoxy) is 1. The quantitative estimate of drug-likeness (QED) is 0.707. The first-order valence-electron chi connectivity index (χ1n) is 6.69. The number of benzene rings is 1. The lowest BCUT2D eigenvalue weighted by Gasteiger charge is -2.21. The number of carbonyl (C=O) groups is 2. The predicted octanol–water partition coefficient (Wildman–Crippen LogP) is 1.43. The Labute approximate surface area is 123 Å². The van der Waals surface area contributed by atoms with Gasteiger partial charge in [0.05, 0.1) is 18.1 Å². The van der Waals surface area contributed by atoms with Gasteiger partial charge in [-0.15, -0.1) is 0 Å². The molecule has 1 aromatic carbocycles. The molecule has 116 valence electrons. The zero-order chi connectivity index (χ0) is 16.0. The maximum atomic E-state index is 11.9. The first kappa shape index (κ1) is 17.0. The van der Waals surface area contributed by atoms with Gasteiger partial charge in [0, 0.05) is 12.1 Å². The summed E-state index contributed by atoms with van der Waals surface area (Å²) < 4.78 is 5.47. The molecule has 0 aliphatic rings. The average Bonchev–Trinajstić information content (AvgIpc) is 2.34. The van der Waals surface area contributed by atoms with Crippen LogP contribution in [0.4, 0.5) is 0 Å². The van der Waals surface area contributed by atoms with Crippen molar-refractivity contribution in [3.05, 3.63) is 29.8 Å². The van der Waals surface area contributed by atoms with Crippen molar-refractivity contribution in [3.8, 4) is 5.75 Å². The van der Waals surface area contributed by atoms with E-state index in [1.54, 1.807) is 24.3 Å². The van der Waals surface area contributed by atoms with Gasteiger partial charge in [0.1, 0.15) is 5.75 Å². The Morgan fingerprint density at radius 2 is 1.86 bits per heavy atom. The molecule has 0 aliphatic carbocycles. The molecule has 1 unspecified atom stereocenters. The summed E-state index contributed by atoms with van der Waals surface area (Å²) in [5, 5.41) is 21.0. The van der Waals surface area contributed by atoms with E-state index in [-0.39, 0.29) is 18.6 Å². The monoisotopic (exact) mass is 295 g/mol. The first-order valence-corrected chi connectivity index (χ1v) is 6.69. The number of carboxylic acids is 1. The van der Waals surface area contributed by atoms with Crippen LogP contribution in [0.5, 0.6) is 5.75 Å². The summed E-state index contributed by atoms with van der Waals surface area (Å²) >= 11 is 0. The molecule has 0 radical (unpaired) electrons. The standard InChI is InChI=1S/C15H21NO5/c1-10(2)21-12-6-4-11(5-7-12)14(19)16-9-15(3,20)8-13(17)18/h4-7,10,20H,8-9H2,1-3H3,(H,16,19)(H,17,18). The molecule has 0 fully saturated rings. The number of nitrogens with one attached hydrogen (secondary N) is 1. The van der Waals surface area contributed by atoms with E-state index in [0.717, 1.165) is 0 Å². The Bertz CT molecular complexity index is 493. The van der Waals surface area contributed by atoms with Crippen LogP contribution in [0.15, 0.2) is 24.3 Å². The number of hydrogen-bond donors (Lipinski definition) is 3. The Kier molecular flexibility index (Phi) is 5.72. The van der Waals surface area contributed by atoms with Gasteiger partial charge < -0.3 is 20.3 Å². The van der Waals surface area contributed by atoms with Crippen molar-refractivity contribution in [2.45, 2.75) is 38.9 Å². The number of amides is 1. The second kappa shape index (κ2) is 7.08. The van der Waals surface area contributed by atoms with E-state index < -0.39 is 18.0 Å². The van der Waals surface area contributed by atoms with Crippen LogP contribution in [-0.4, -0.2) is 40.3 Å². The van der Waals surface area contributed by atoms with Gasteiger partial charge >= 0.3 is 5.97 Å². The lowest BCUT2D eigenvalue weighted by atomic mass is 10.0. The summed E-state index contributed by atoms with van der Waals surface area (Å²) in [6.07, 6.45) is -0.384. The zero-order valence-electron chi connectivity index (χ0n) is 12.4. The molecule has 1 atom stereocenters. The molecule has 0 aromatic heterocycles. The van der Waals surface area contributed by atoms with Crippen LogP contribution in [0.1, 0.15) is 37.6 Å². The van der Waals surface area contributed by atoms with Gasteiger partial charge in [0.25, 0.3) is 5.91 Å². The normalized spacial score (nSPS) is 13.6. The minimum Gasteiger partial charge on any atom is -0.491 e. The largest absolute Gasteiger partial charge is 0.491 e. The SMILES string of the molecule is CC(C)Oc1ccc(C(=O)NCC(C)(O)CC(=O)O)cc1. The Hall–Kier alpha value is -2.08. The van der Waals surface area contributed by atoms with Gasteiger partial charge in [0.2, 0.25) is 0 Å². The minimum absolute atomic E-state index is 0.0517. The molecule has 6 nitrogen and oxygen atoms in total. The van der Waals surface area contributed by atoms with Crippen LogP contribution in [0.25, 0.3) is 0 Å². The summed E-state index contributed by atoms with van der Waals surface area (Å²) in [6, 6.07) is 6.59. The van der Waals surface area contributed by atoms with Gasteiger partial charge in [-0.2, -0.15) is 0 Å². The molecule has 0 spiro atoms. The van der Waals surface area contributed by atoms with Gasteiger partial charge in [-0.3, -0.25) is 9.59 Å². The molecule has 0 bridgehead atoms. The van der Waals surface area contributed by atoms with Crippen molar-refractivity contribution >= 4 is 11.9 Å². The van der Waals surface area contributed by atoms with Gasteiger partial charge in [-0.1, -0.05) is 0 Å². The van der Waals surface area contributed by atoms with E-state index >= 15 is 0 Å². The fourth-order valence-electron chi connectivity index (χ4n) is 1.72. The molecule has 1 aromatic rings. The summed E-state index contributed by atoms with van der Waals surface area (Å²) in [4.78, 5) is 22.5. The van der Waals surface area contributed by atoms with E-state index in [1.165, 1.54) is 6.92 Å². The highest BCUT2D eigenvalue weighted by atomic mass is 16.5. The lowest BCUT2D eigenvalue weighted by molar-refractivity contribution is -0.141. The molecule has 0 heterocycles. The van der Waals surface area contributed by atoms with E-state index in [2.05, 4.69) is 5.32 Å². The van der Waals surface area contributed by atoms with Crippen molar-refractivity contribution in [1.29, 1.82) is 0 Å². The number of aliphatic hydroxyl groups is 1. The molecular weight excluding hydrogens is 274 g/mol. The fraction of sp³-hybridized carbons (Fsp3) is 0.467. The van der Waals surface area contributed by atoms with E-state index in [1.807, 2.05) is 13.8 Å². The van der Waals surface area contributed by atoms with Gasteiger partial charge in [-0.05, 0) is 45.0 Å². The fourth-order valence-corrected chi connectivity index (χ4v) is 1.72. The van der Waals surface area contributed by atoms with Crippen LogP contribution >= 0.6 is 0 Å². The molecule has 1 rings (SSSR count). The van der Waals surface area contributed by atoms with Crippen LogP contribution < -0.4 is 10.1 Å². The Morgan fingerprint density at radius 1 is 1.29 bits per heavy atom. The predicted molar refractivity (Wildman–Crippen MR) is 77.4 cm³/mol. The topological polar surface area (TPSA) is 95.9 Å². The molecule has 3 N–H and O–H groups in total. The lowest BCUT2D eigenvalue weighted by Crippen LogP contribution is -2.42. The molecule has 6 heteroatoms. The summed E-state index contributed by atoms with van der Waals surface area (Å²) in [7, 11) is 0. The third-order valence-electron chi connectivity index (χ3n) is 2.65. The molecule has 0 saturated heterocycles. The van der Waals surface area contributed by atoms with E-state index in [4.69, 9.17) is 9.84 Å². The minimum atomic E-state index is -1.48. The van der Waals surface area contributed by atoms with Gasteiger partial charge in [0.15, 0.2) is 0 Å². The second-order valence-corrected chi connectivity index (χ2v) is 5.44. The van der Waals surface area contributed by atoms with Crippen LogP contribution in [-0.2, 0) is 4.79 Å². The maximum Gasteiger partial charge on any atom is 0.306 e. The second-order valence-electron chi connectivity index (χ2n) is 5.44. The van der Waals surface area contributed by atoms with Crippen LogP contribution in [0.2, 0.25) is 0 Å². The van der Waals surface area contributed by atoms with Crippen molar-refractivity contribution in [3.63, 3.8) is 0 Å². The molecule has 1 amide bonds. The highest BCUT2D eigenvalue weighted by molar-refractivity contribution is 5.94. The van der Waals surface area contributed by atoms with Crippen LogP contribution in [0.3, 0.4) is 0 Å². The zero-order valence-corrected chi connectivity index (χ0v) is 12.4. The Balaban J connectivity index is 2.58. The molecule has 21 heavy (non-hydrogen) atoms. The van der Waals surface area contributed by atoms with Crippen molar-refractivity contribution in [1.82, 2.24) is 5.32 Å². The van der Waals surface area contributed by atoms with E-state index in [0.29, 0.717) is 11.3 Å². The molecular formula is C15H21NO5. The third kappa shape index (κ3) is 6.27. The highest BCUT2D eigenvalue weighted by Crippen LogP contribution is 2.14. The van der Waals surface area contributed by atoms with Gasteiger partial charge in [-0.25, -0.2) is 0 Å². The number of rotatable bonds is 7. The maximum absolute atomic E-state index is 11.9. The van der Waals surface area contributed by atoms with E-state index in [9.17, 15) is 14.7 Å². The molecule has 0 saturated carbocycles. The highest BCUT2D eigenvalue weighted by Gasteiger charge is 2.25. The van der Waals surface area contributed by atoms with Crippen molar-refractivity contribution in [2.75, 3.05) is 6.54 Å². The number of carboxylic acid groups (broad SMARTS) is 1. The smallest absolute Gasteiger partial charge is 0.306 e. The molecule has 0 aliphatic heterocycles. The number of hydrogen-bond acceptors (Lipinski definition) is 4. The summed E-state index contributed by atoms with van der Waals surface area (Å²) in [5.41, 5.74) is -1.07. The average molecular weight is 295 g/mol. The van der Waals surface area contributed by atoms with Crippen molar-refractivity contribution < 1.29 is 24.5 Å². The summed E-state index contributed by atoms with van der Waals surface area (Å²) in [6.45, 7) is 5.04. The first-order chi connectivity index (χ1) is 9.69. The third-order valence-corrected chi connectivity index (χ3v) is 2.65. The van der Waals surface area contributed by atoms with Crippen LogP contribution in [0, 0.1) is 0 Å². The Morgan fingerprint density at radius 3 is 2.33 bits per heavy atom. The number of aliphatic carboxylic acids is 1. The number of carbonyl (C=O) groups excluding carboxylic acids is 1. The van der Waals surface area contributed by atoms with Crippen molar-refractivity contribution in [2.24, 2.45) is 0 Å².